The lowest BCUT2D eigenvalue weighted by Crippen LogP contribution is -2.50. The number of anilines is 1. The Morgan fingerprint density at radius 3 is 2.16 bits per heavy atom. The van der Waals surface area contributed by atoms with Crippen LogP contribution in [0, 0.1) is 0 Å². The summed E-state index contributed by atoms with van der Waals surface area (Å²) in [5, 5.41) is 4.16. The number of hydrogen-bond donors (Lipinski definition) is 1. The molecule has 0 aromatic heterocycles. The Bertz CT molecular complexity index is 1200. The molecule has 12 heteroatoms. The maximum absolute atomic E-state index is 13.5. The van der Waals surface area contributed by atoms with Gasteiger partial charge in [0, 0.05) is 46.2 Å². The predicted octanol–water partition coefficient (Wildman–Crippen LogP) is 6.18. The summed E-state index contributed by atoms with van der Waals surface area (Å²) in [6.45, 7) is 5.49. The van der Waals surface area contributed by atoms with Crippen LogP contribution in [0.5, 0.6) is 0 Å². The zero-order valence-electron chi connectivity index (χ0n) is 21.1. The minimum Gasteiger partial charge on any atom is -0.352 e. The fourth-order valence-electron chi connectivity index (χ4n) is 3.81. The zero-order valence-corrected chi connectivity index (χ0v) is 24.9. The Labute approximate surface area is 239 Å². The van der Waals surface area contributed by atoms with Gasteiger partial charge < -0.3 is 10.2 Å². The highest BCUT2D eigenvalue weighted by Crippen LogP contribution is 2.31. The molecule has 2 rings (SSSR count). The molecule has 204 valence electrons. The molecule has 0 aliphatic rings. The molecule has 0 bridgehead atoms. The first-order valence-electron chi connectivity index (χ1n) is 11.7. The quantitative estimate of drug-likeness (QED) is 0.311. The number of amides is 2. The molecule has 1 atom stereocenters. The van der Waals surface area contributed by atoms with Gasteiger partial charge in [-0.05, 0) is 57.0 Å². The van der Waals surface area contributed by atoms with Crippen LogP contribution in [0.1, 0.15) is 45.6 Å². The van der Waals surface area contributed by atoms with Gasteiger partial charge in [0.1, 0.15) is 6.04 Å². The monoisotopic (exact) mass is 609 g/mol. The van der Waals surface area contributed by atoms with Crippen LogP contribution in [-0.4, -0.2) is 50.0 Å². The first-order chi connectivity index (χ1) is 17.3. The number of benzene rings is 2. The van der Waals surface area contributed by atoms with Crippen LogP contribution in [0.4, 0.5) is 5.69 Å². The van der Waals surface area contributed by atoms with Gasteiger partial charge in [0.15, 0.2) is 0 Å². The lowest BCUT2D eigenvalue weighted by molar-refractivity contribution is -0.141. The molecule has 37 heavy (non-hydrogen) atoms. The number of carbonyl (C=O) groups is 2. The lowest BCUT2D eigenvalue weighted by atomic mass is 10.1. The van der Waals surface area contributed by atoms with E-state index in [0.717, 1.165) is 10.6 Å². The third-order valence-electron chi connectivity index (χ3n) is 5.54. The van der Waals surface area contributed by atoms with Crippen molar-refractivity contribution in [2.24, 2.45) is 0 Å². The topological polar surface area (TPSA) is 86.8 Å². The molecule has 0 saturated carbocycles. The summed E-state index contributed by atoms with van der Waals surface area (Å²) in [6, 6.07) is 8.67. The summed E-state index contributed by atoms with van der Waals surface area (Å²) >= 11 is 25.0. The van der Waals surface area contributed by atoms with Crippen molar-refractivity contribution in [3.05, 3.63) is 62.1 Å². The molecule has 2 aromatic carbocycles. The van der Waals surface area contributed by atoms with Gasteiger partial charge in [-0.2, -0.15) is 0 Å². The van der Waals surface area contributed by atoms with E-state index >= 15 is 0 Å². The molecule has 0 heterocycles. The van der Waals surface area contributed by atoms with Crippen LogP contribution in [-0.2, 0) is 26.2 Å². The molecule has 0 fully saturated rings. The number of nitrogens with zero attached hydrogens (tertiary/aromatic N) is 2. The van der Waals surface area contributed by atoms with Crippen molar-refractivity contribution in [2.75, 3.05) is 17.1 Å². The van der Waals surface area contributed by atoms with E-state index in [0.29, 0.717) is 27.1 Å². The van der Waals surface area contributed by atoms with E-state index in [4.69, 9.17) is 46.4 Å². The molecule has 2 amide bonds. The number of halogens is 4. The highest BCUT2D eigenvalue weighted by Gasteiger charge is 2.30. The van der Waals surface area contributed by atoms with E-state index in [1.54, 1.807) is 24.3 Å². The minimum atomic E-state index is -3.72. The first kappa shape index (κ1) is 31.5. The van der Waals surface area contributed by atoms with Crippen LogP contribution in [0.15, 0.2) is 36.4 Å². The number of rotatable bonds is 12. The van der Waals surface area contributed by atoms with Gasteiger partial charge in [0.2, 0.25) is 21.8 Å². The molecular formula is C25H31Cl4N3O4S. The van der Waals surface area contributed by atoms with Gasteiger partial charge in [-0.15, -0.1) is 0 Å². The average molecular weight is 611 g/mol. The molecule has 0 spiro atoms. The standard InChI is InChI=1S/C25H31Cl4N3O4S/c1-5-22(25(34)30-16(2)3)31(15-18-19(27)8-6-9-20(18)28)24(33)10-7-13-32(37(4,35)36)23-14-17(26)11-12-21(23)29/h6,8-9,11-12,14,16,22H,5,7,10,13,15H2,1-4H3,(H,30,34). The van der Waals surface area contributed by atoms with Gasteiger partial charge in [-0.1, -0.05) is 59.4 Å². The summed E-state index contributed by atoms with van der Waals surface area (Å²) in [5.74, 6) is -0.634. The van der Waals surface area contributed by atoms with Crippen molar-refractivity contribution in [3.8, 4) is 0 Å². The summed E-state index contributed by atoms with van der Waals surface area (Å²) in [5.41, 5.74) is 0.755. The number of sulfonamides is 1. The molecule has 0 aliphatic carbocycles. The van der Waals surface area contributed by atoms with E-state index < -0.39 is 16.1 Å². The maximum Gasteiger partial charge on any atom is 0.243 e. The Hall–Kier alpha value is -1.71. The summed E-state index contributed by atoms with van der Waals surface area (Å²) in [4.78, 5) is 27.9. The van der Waals surface area contributed by atoms with Crippen molar-refractivity contribution in [3.63, 3.8) is 0 Å². The molecule has 0 radical (unpaired) electrons. The Morgan fingerprint density at radius 1 is 1.00 bits per heavy atom. The van der Waals surface area contributed by atoms with Gasteiger partial charge in [0.25, 0.3) is 0 Å². The molecular weight excluding hydrogens is 580 g/mol. The van der Waals surface area contributed by atoms with Crippen LogP contribution < -0.4 is 9.62 Å². The van der Waals surface area contributed by atoms with Crippen molar-refractivity contribution in [2.45, 2.75) is 58.7 Å². The summed E-state index contributed by atoms with van der Waals surface area (Å²) in [6.07, 6.45) is 1.56. The van der Waals surface area contributed by atoms with Gasteiger partial charge in [0.05, 0.1) is 17.0 Å². The SMILES string of the molecule is CCC(C(=O)NC(C)C)N(Cc1c(Cl)cccc1Cl)C(=O)CCCN(c1cc(Cl)ccc1Cl)S(C)(=O)=O. The van der Waals surface area contributed by atoms with Crippen molar-refractivity contribution >= 4 is 73.9 Å². The lowest BCUT2D eigenvalue weighted by Gasteiger charge is -2.32. The third kappa shape index (κ3) is 8.93. The van der Waals surface area contributed by atoms with Crippen molar-refractivity contribution < 1.29 is 18.0 Å². The molecule has 0 saturated heterocycles. The molecule has 1 N–H and O–H groups in total. The van der Waals surface area contributed by atoms with Crippen LogP contribution in [0.2, 0.25) is 20.1 Å². The Balaban J connectivity index is 2.31. The molecule has 0 aliphatic heterocycles. The van der Waals surface area contributed by atoms with Gasteiger partial charge in [-0.25, -0.2) is 8.42 Å². The average Bonchev–Trinajstić information content (AvgIpc) is 2.79. The highest BCUT2D eigenvalue weighted by atomic mass is 35.5. The van der Waals surface area contributed by atoms with Crippen molar-refractivity contribution in [1.82, 2.24) is 10.2 Å². The highest BCUT2D eigenvalue weighted by molar-refractivity contribution is 7.92. The molecule has 2 aromatic rings. The summed E-state index contributed by atoms with van der Waals surface area (Å²) in [7, 11) is -3.72. The first-order valence-corrected chi connectivity index (χ1v) is 15.1. The van der Waals surface area contributed by atoms with Crippen LogP contribution in [0.25, 0.3) is 0 Å². The predicted molar refractivity (Wildman–Crippen MR) is 152 cm³/mol. The second-order valence-corrected chi connectivity index (χ2v) is 12.4. The van der Waals surface area contributed by atoms with E-state index in [1.807, 2.05) is 20.8 Å². The zero-order chi connectivity index (χ0) is 27.9. The third-order valence-corrected chi connectivity index (χ3v) is 7.98. The summed E-state index contributed by atoms with van der Waals surface area (Å²) < 4.78 is 26.1. The Morgan fingerprint density at radius 2 is 1.62 bits per heavy atom. The second kappa shape index (κ2) is 13.9. The number of carbonyl (C=O) groups excluding carboxylic acids is 2. The van der Waals surface area contributed by atoms with E-state index in [1.165, 1.54) is 17.0 Å². The van der Waals surface area contributed by atoms with Crippen LogP contribution in [0.3, 0.4) is 0 Å². The molecule has 1 unspecified atom stereocenters. The number of nitrogens with one attached hydrogen (secondary N) is 1. The fourth-order valence-corrected chi connectivity index (χ4v) is 5.74. The van der Waals surface area contributed by atoms with Crippen molar-refractivity contribution in [1.29, 1.82) is 0 Å². The largest absolute Gasteiger partial charge is 0.352 e. The molecule has 7 nitrogen and oxygen atoms in total. The Kier molecular flexibility index (Phi) is 11.8. The van der Waals surface area contributed by atoms with E-state index in [-0.39, 0.29) is 54.5 Å². The maximum atomic E-state index is 13.5. The fraction of sp³-hybridized carbons (Fsp3) is 0.440. The van der Waals surface area contributed by atoms with Gasteiger partial charge >= 0.3 is 0 Å². The van der Waals surface area contributed by atoms with Crippen LogP contribution >= 0.6 is 46.4 Å². The van der Waals surface area contributed by atoms with E-state index in [2.05, 4.69) is 5.32 Å². The smallest absolute Gasteiger partial charge is 0.243 e. The number of hydrogen-bond acceptors (Lipinski definition) is 4. The second-order valence-electron chi connectivity index (χ2n) is 8.84. The van der Waals surface area contributed by atoms with Gasteiger partial charge in [-0.3, -0.25) is 13.9 Å². The normalized spacial score (nSPS) is 12.4. The van der Waals surface area contributed by atoms with E-state index in [9.17, 15) is 18.0 Å². The minimum absolute atomic E-state index is 0.0136.